The molecule has 0 unspecified atom stereocenters. The molecule has 1 saturated heterocycles. The molecule has 0 saturated carbocycles. The van der Waals surface area contributed by atoms with E-state index in [0.717, 1.165) is 31.7 Å². The molecule has 5 nitrogen and oxygen atoms in total. The Hall–Kier alpha value is -1.59. The lowest BCUT2D eigenvalue weighted by Gasteiger charge is -2.34. The van der Waals surface area contributed by atoms with Crippen LogP contribution in [0, 0.1) is 5.41 Å². The van der Waals surface area contributed by atoms with Gasteiger partial charge in [0.05, 0.1) is 13.2 Å². The minimum absolute atomic E-state index is 0.0950. The zero-order valence-corrected chi connectivity index (χ0v) is 12.0. The van der Waals surface area contributed by atoms with Gasteiger partial charge in [0, 0.05) is 17.5 Å². The monoisotopic (exact) mass is 278 g/mol. The van der Waals surface area contributed by atoms with Gasteiger partial charge in [0.25, 0.3) is 0 Å². The van der Waals surface area contributed by atoms with Crippen LogP contribution in [0.15, 0.2) is 29.4 Å². The van der Waals surface area contributed by atoms with E-state index in [0.29, 0.717) is 0 Å². The number of anilines is 1. The molecule has 1 fully saturated rings. The Balaban J connectivity index is 1.77. The highest BCUT2D eigenvalue weighted by Gasteiger charge is 2.27. The Morgan fingerprint density at radius 3 is 2.55 bits per heavy atom. The summed E-state index contributed by atoms with van der Waals surface area (Å²) in [5.41, 5.74) is 2.24. The fourth-order valence-corrected chi connectivity index (χ4v) is 2.05. The summed E-state index contributed by atoms with van der Waals surface area (Å²) in [6.45, 7) is 5.79. The van der Waals surface area contributed by atoms with Gasteiger partial charge < -0.3 is 20.0 Å². The molecule has 1 aromatic carbocycles. The molecule has 5 heteroatoms. The molecule has 1 heterocycles. The van der Waals surface area contributed by atoms with Gasteiger partial charge in [-0.1, -0.05) is 31.1 Å². The molecule has 0 radical (unpaired) electrons. The third-order valence-corrected chi connectivity index (χ3v) is 3.23. The van der Waals surface area contributed by atoms with Crippen molar-refractivity contribution in [3.8, 4) is 0 Å². The van der Waals surface area contributed by atoms with E-state index in [1.807, 2.05) is 24.3 Å². The molecular weight excluding hydrogens is 256 g/mol. The number of hydrogen-bond donors (Lipinski definition) is 2. The summed E-state index contributed by atoms with van der Waals surface area (Å²) >= 11 is 0. The minimum Gasteiger partial charge on any atom is -0.410 e. The molecule has 2 N–H and O–H groups in total. The Bertz CT molecular complexity index is 433. The fourth-order valence-electron chi connectivity index (χ4n) is 2.05. The molecule has 1 aliphatic rings. The van der Waals surface area contributed by atoms with E-state index < -0.39 is 0 Å². The van der Waals surface area contributed by atoms with Crippen molar-refractivity contribution in [2.45, 2.75) is 33.0 Å². The van der Waals surface area contributed by atoms with Crippen molar-refractivity contribution in [2.24, 2.45) is 10.6 Å². The highest BCUT2D eigenvalue weighted by molar-refractivity contribution is 5.74. The number of hydrogen-bond acceptors (Lipinski definition) is 4. The third kappa shape index (κ3) is 4.51. The maximum absolute atomic E-state index is 8.33. The van der Waals surface area contributed by atoms with Crippen LogP contribution in [0.4, 0.5) is 5.69 Å². The lowest BCUT2D eigenvalue weighted by Crippen LogP contribution is -2.37. The minimum atomic E-state index is -0.0950. The van der Waals surface area contributed by atoms with E-state index in [4.69, 9.17) is 14.7 Å². The van der Waals surface area contributed by atoms with E-state index in [1.165, 1.54) is 11.9 Å². The Morgan fingerprint density at radius 2 is 1.95 bits per heavy atom. The molecule has 1 aromatic rings. The molecule has 1 aliphatic heterocycles. The largest absolute Gasteiger partial charge is 0.410 e. The van der Waals surface area contributed by atoms with E-state index in [9.17, 15) is 0 Å². The zero-order chi connectivity index (χ0) is 14.4. The molecule has 0 amide bonds. The molecule has 20 heavy (non-hydrogen) atoms. The maximum Gasteiger partial charge on any atom is 0.157 e. The summed E-state index contributed by atoms with van der Waals surface area (Å²) in [6, 6.07) is 7.98. The average molecular weight is 278 g/mol. The highest BCUT2D eigenvalue weighted by atomic mass is 16.7. The van der Waals surface area contributed by atoms with Crippen LogP contribution in [0.25, 0.3) is 0 Å². The van der Waals surface area contributed by atoms with Crippen molar-refractivity contribution in [2.75, 3.05) is 18.5 Å². The van der Waals surface area contributed by atoms with Crippen LogP contribution in [0.3, 0.4) is 0 Å². The summed E-state index contributed by atoms with van der Waals surface area (Å²) in [4.78, 5) is 0. The van der Waals surface area contributed by atoms with Crippen LogP contribution >= 0.6 is 0 Å². The third-order valence-electron chi connectivity index (χ3n) is 3.23. The molecule has 2 rings (SSSR count). The number of rotatable bonds is 5. The van der Waals surface area contributed by atoms with E-state index in [1.54, 1.807) is 0 Å². The van der Waals surface area contributed by atoms with Crippen LogP contribution in [0.2, 0.25) is 0 Å². The Kier molecular flexibility index (Phi) is 4.98. The van der Waals surface area contributed by atoms with Crippen molar-refractivity contribution in [1.82, 2.24) is 0 Å². The predicted octanol–water partition coefficient (Wildman–Crippen LogP) is 2.85. The SMILES string of the molecule is CC1(C)COC(CCc2ccc(N/C=N/O)cc2)OC1. The van der Waals surface area contributed by atoms with Gasteiger partial charge in [0.1, 0.15) is 6.34 Å². The number of ether oxygens (including phenoxy) is 2. The van der Waals surface area contributed by atoms with Crippen molar-refractivity contribution < 1.29 is 14.7 Å². The second-order valence-corrected chi connectivity index (χ2v) is 5.84. The van der Waals surface area contributed by atoms with Gasteiger partial charge in [0.2, 0.25) is 0 Å². The lowest BCUT2D eigenvalue weighted by molar-refractivity contribution is -0.223. The van der Waals surface area contributed by atoms with Gasteiger partial charge in [-0.25, -0.2) is 0 Å². The van der Waals surface area contributed by atoms with Gasteiger partial charge in [-0.05, 0) is 24.1 Å². The van der Waals surface area contributed by atoms with Crippen LogP contribution in [-0.4, -0.2) is 31.0 Å². The topological polar surface area (TPSA) is 63.1 Å². The van der Waals surface area contributed by atoms with Crippen molar-refractivity contribution >= 4 is 12.0 Å². The molecule has 0 aliphatic carbocycles. The smallest absolute Gasteiger partial charge is 0.157 e. The average Bonchev–Trinajstić information content (AvgIpc) is 2.45. The Labute approximate surface area is 119 Å². The number of benzene rings is 1. The van der Waals surface area contributed by atoms with Gasteiger partial charge >= 0.3 is 0 Å². The van der Waals surface area contributed by atoms with E-state index >= 15 is 0 Å². The summed E-state index contributed by atoms with van der Waals surface area (Å²) in [5, 5.41) is 14.1. The fraction of sp³-hybridized carbons (Fsp3) is 0.533. The normalized spacial score (nSPS) is 19.3. The number of nitrogens with zero attached hydrogens (tertiary/aromatic N) is 1. The second kappa shape index (κ2) is 6.72. The second-order valence-electron chi connectivity index (χ2n) is 5.84. The number of aryl methyl sites for hydroxylation is 1. The highest BCUT2D eigenvalue weighted by Crippen LogP contribution is 2.24. The quantitative estimate of drug-likeness (QED) is 0.376. The summed E-state index contributed by atoms with van der Waals surface area (Å²) in [7, 11) is 0. The molecule has 0 aromatic heterocycles. The van der Waals surface area contributed by atoms with Gasteiger partial charge in [0.15, 0.2) is 6.29 Å². The first-order valence-corrected chi connectivity index (χ1v) is 6.84. The molecular formula is C15H22N2O3. The van der Waals surface area contributed by atoms with Crippen molar-refractivity contribution in [1.29, 1.82) is 0 Å². The molecule has 0 spiro atoms. The first-order valence-electron chi connectivity index (χ1n) is 6.84. The standard InChI is InChI=1S/C15H22N2O3/c1-15(2)9-19-14(20-10-15)8-5-12-3-6-13(7-4-12)16-11-17-18/h3-4,6-7,11,14,18H,5,8-10H2,1-2H3,(H,16,17). The zero-order valence-electron chi connectivity index (χ0n) is 12.0. The predicted molar refractivity (Wildman–Crippen MR) is 78.1 cm³/mol. The summed E-state index contributed by atoms with van der Waals surface area (Å²) < 4.78 is 11.4. The van der Waals surface area contributed by atoms with Crippen molar-refractivity contribution in [3.05, 3.63) is 29.8 Å². The van der Waals surface area contributed by atoms with E-state index in [2.05, 4.69) is 24.3 Å². The first kappa shape index (κ1) is 14.8. The van der Waals surface area contributed by atoms with Crippen LogP contribution in [-0.2, 0) is 15.9 Å². The van der Waals surface area contributed by atoms with Crippen molar-refractivity contribution in [3.63, 3.8) is 0 Å². The summed E-state index contributed by atoms with van der Waals surface area (Å²) in [5.74, 6) is 0. The molecule has 110 valence electrons. The lowest BCUT2D eigenvalue weighted by atomic mass is 9.95. The summed E-state index contributed by atoms with van der Waals surface area (Å²) in [6.07, 6.45) is 2.92. The van der Waals surface area contributed by atoms with Gasteiger partial charge in [-0.2, -0.15) is 0 Å². The number of nitrogens with one attached hydrogen (secondary N) is 1. The molecule has 0 bridgehead atoms. The molecule has 0 atom stereocenters. The first-order chi connectivity index (χ1) is 9.59. The van der Waals surface area contributed by atoms with Crippen LogP contribution < -0.4 is 5.32 Å². The van der Waals surface area contributed by atoms with Gasteiger partial charge in [-0.3, -0.25) is 0 Å². The number of oxime groups is 1. The van der Waals surface area contributed by atoms with Crippen LogP contribution in [0.1, 0.15) is 25.8 Å². The Morgan fingerprint density at radius 1 is 1.30 bits per heavy atom. The van der Waals surface area contributed by atoms with Crippen LogP contribution in [0.5, 0.6) is 0 Å². The maximum atomic E-state index is 8.33. The van der Waals surface area contributed by atoms with Gasteiger partial charge in [-0.15, -0.1) is 0 Å². The van der Waals surface area contributed by atoms with E-state index in [-0.39, 0.29) is 11.7 Å².